The lowest BCUT2D eigenvalue weighted by molar-refractivity contribution is 0.102. The zero-order valence-electron chi connectivity index (χ0n) is 9.58. The maximum absolute atomic E-state index is 12.0. The second kappa shape index (κ2) is 5.38. The summed E-state index contributed by atoms with van der Waals surface area (Å²) in [5.74, 6) is -0.329. The molecule has 0 atom stereocenters. The Labute approximate surface area is 115 Å². The Balaban J connectivity index is 2.30. The number of halogens is 2. The lowest BCUT2D eigenvalue weighted by Gasteiger charge is -2.10. The first-order chi connectivity index (χ1) is 8.59. The van der Waals surface area contributed by atoms with E-state index in [1.54, 1.807) is 18.2 Å². The molecule has 0 unspecified atom stereocenters. The van der Waals surface area contributed by atoms with Crippen molar-refractivity contribution in [1.29, 1.82) is 0 Å². The standard InChI is InChI=1S/C13H10Cl2N2O/c1-8-4-2-6-10(14)11(8)17-13(18)9-5-3-7-16-12(9)15/h2-7H,1H3,(H,17,18). The number of carbonyl (C=O) groups excluding carboxylic acids is 1. The van der Waals surface area contributed by atoms with E-state index in [2.05, 4.69) is 10.3 Å². The van der Waals surface area contributed by atoms with Crippen molar-refractivity contribution in [3.05, 3.63) is 57.8 Å². The van der Waals surface area contributed by atoms with E-state index in [1.165, 1.54) is 6.20 Å². The average molecular weight is 281 g/mol. The predicted octanol–water partition coefficient (Wildman–Crippen LogP) is 3.95. The van der Waals surface area contributed by atoms with E-state index < -0.39 is 0 Å². The van der Waals surface area contributed by atoms with Crippen LogP contribution in [-0.4, -0.2) is 10.9 Å². The summed E-state index contributed by atoms with van der Waals surface area (Å²) in [5, 5.41) is 3.40. The Morgan fingerprint density at radius 1 is 1.22 bits per heavy atom. The highest BCUT2D eigenvalue weighted by molar-refractivity contribution is 6.35. The van der Waals surface area contributed by atoms with Crippen LogP contribution in [0.3, 0.4) is 0 Å². The molecule has 0 aliphatic heterocycles. The first-order valence-electron chi connectivity index (χ1n) is 5.26. The van der Waals surface area contributed by atoms with Gasteiger partial charge in [0.25, 0.3) is 5.91 Å². The Morgan fingerprint density at radius 3 is 2.67 bits per heavy atom. The van der Waals surface area contributed by atoms with Crippen molar-refractivity contribution in [2.75, 3.05) is 5.32 Å². The predicted molar refractivity (Wildman–Crippen MR) is 73.4 cm³/mol. The van der Waals surface area contributed by atoms with Crippen LogP contribution in [0.25, 0.3) is 0 Å². The number of para-hydroxylation sites is 1. The molecule has 92 valence electrons. The first-order valence-corrected chi connectivity index (χ1v) is 6.02. The molecule has 0 bridgehead atoms. The Morgan fingerprint density at radius 2 is 2.00 bits per heavy atom. The lowest BCUT2D eigenvalue weighted by atomic mass is 10.2. The number of anilines is 1. The number of nitrogens with zero attached hydrogens (tertiary/aromatic N) is 1. The van der Waals surface area contributed by atoms with Gasteiger partial charge >= 0.3 is 0 Å². The number of benzene rings is 1. The molecule has 1 aromatic heterocycles. The van der Waals surface area contributed by atoms with Crippen LogP contribution in [0.2, 0.25) is 10.2 Å². The fourth-order valence-corrected chi connectivity index (χ4v) is 2.00. The average Bonchev–Trinajstić information content (AvgIpc) is 2.34. The van der Waals surface area contributed by atoms with Crippen LogP contribution in [0, 0.1) is 6.92 Å². The van der Waals surface area contributed by atoms with E-state index in [4.69, 9.17) is 23.2 Å². The van der Waals surface area contributed by atoms with Gasteiger partial charge in [-0.3, -0.25) is 4.79 Å². The second-order valence-electron chi connectivity index (χ2n) is 3.73. The quantitative estimate of drug-likeness (QED) is 0.847. The fourth-order valence-electron chi connectivity index (χ4n) is 1.53. The van der Waals surface area contributed by atoms with E-state index in [9.17, 15) is 4.79 Å². The zero-order chi connectivity index (χ0) is 13.1. The molecule has 0 aliphatic rings. The van der Waals surface area contributed by atoms with Crippen molar-refractivity contribution in [3.63, 3.8) is 0 Å². The summed E-state index contributed by atoms with van der Waals surface area (Å²) in [5.41, 5.74) is 1.79. The molecule has 0 saturated carbocycles. The van der Waals surface area contributed by atoms with Crippen molar-refractivity contribution in [1.82, 2.24) is 4.98 Å². The topological polar surface area (TPSA) is 42.0 Å². The number of carbonyl (C=O) groups is 1. The molecule has 5 heteroatoms. The van der Waals surface area contributed by atoms with Gasteiger partial charge in [0.1, 0.15) is 5.15 Å². The van der Waals surface area contributed by atoms with Crippen molar-refractivity contribution in [2.45, 2.75) is 6.92 Å². The fraction of sp³-hybridized carbons (Fsp3) is 0.0769. The van der Waals surface area contributed by atoms with Gasteiger partial charge in [-0.05, 0) is 30.7 Å². The molecule has 0 radical (unpaired) electrons. The van der Waals surface area contributed by atoms with Crippen LogP contribution >= 0.6 is 23.2 Å². The van der Waals surface area contributed by atoms with Crippen molar-refractivity contribution in [3.8, 4) is 0 Å². The maximum Gasteiger partial charge on any atom is 0.258 e. The van der Waals surface area contributed by atoms with Crippen LogP contribution in [0.15, 0.2) is 36.5 Å². The Kier molecular flexibility index (Phi) is 3.84. The molecule has 0 spiro atoms. The third kappa shape index (κ3) is 2.63. The molecule has 2 aromatic rings. The third-order valence-corrected chi connectivity index (χ3v) is 3.08. The number of aromatic nitrogens is 1. The molecule has 0 saturated heterocycles. The van der Waals surface area contributed by atoms with Gasteiger partial charge in [-0.15, -0.1) is 0 Å². The maximum atomic E-state index is 12.0. The Hall–Kier alpha value is -1.58. The highest BCUT2D eigenvalue weighted by Gasteiger charge is 2.13. The first kappa shape index (κ1) is 12.9. The van der Waals surface area contributed by atoms with Crippen molar-refractivity contribution >= 4 is 34.8 Å². The van der Waals surface area contributed by atoms with E-state index in [0.717, 1.165) is 5.56 Å². The lowest BCUT2D eigenvalue weighted by Crippen LogP contribution is -2.14. The molecule has 1 heterocycles. The van der Waals surface area contributed by atoms with Crippen LogP contribution in [-0.2, 0) is 0 Å². The normalized spacial score (nSPS) is 10.2. The van der Waals surface area contributed by atoms with Crippen molar-refractivity contribution < 1.29 is 4.79 Å². The van der Waals surface area contributed by atoms with Gasteiger partial charge in [0.05, 0.1) is 16.3 Å². The SMILES string of the molecule is Cc1cccc(Cl)c1NC(=O)c1cccnc1Cl. The smallest absolute Gasteiger partial charge is 0.258 e. The number of rotatable bonds is 2. The molecular formula is C13H10Cl2N2O. The summed E-state index contributed by atoms with van der Waals surface area (Å²) < 4.78 is 0. The van der Waals surface area contributed by atoms with Crippen LogP contribution in [0.5, 0.6) is 0 Å². The van der Waals surface area contributed by atoms with E-state index in [1.807, 2.05) is 19.1 Å². The minimum atomic E-state index is -0.329. The number of nitrogens with one attached hydrogen (secondary N) is 1. The molecule has 18 heavy (non-hydrogen) atoms. The number of hydrogen-bond acceptors (Lipinski definition) is 2. The number of aryl methyl sites for hydroxylation is 1. The minimum absolute atomic E-state index is 0.166. The van der Waals surface area contributed by atoms with E-state index in [-0.39, 0.29) is 11.1 Å². The molecule has 0 aliphatic carbocycles. The van der Waals surface area contributed by atoms with Gasteiger partial charge in [-0.25, -0.2) is 4.98 Å². The third-order valence-electron chi connectivity index (χ3n) is 2.46. The molecule has 2 rings (SSSR count). The monoisotopic (exact) mass is 280 g/mol. The van der Waals surface area contributed by atoms with Gasteiger partial charge < -0.3 is 5.32 Å². The summed E-state index contributed by atoms with van der Waals surface area (Å²) in [7, 11) is 0. The van der Waals surface area contributed by atoms with Gasteiger partial charge in [0.2, 0.25) is 0 Å². The van der Waals surface area contributed by atoms with Gasteiger partial charge in [-0.2, -0.15) is 0 Å². The van der Waals surface area contributed by atoms with Crippen LogP contribution < -0.4 is 5.32 Å². The highest BCUT2D eigenvalue weighted by Crippen LogP contribution is 2.26. The Bertz CT molecular complexity index is 579. The minimum Gasteiger partial charge on any atom is -0.320 e. The molecule has 1 aromatic carbocycles. The van der Waals surface area contributed by atoms with Gasteiger partial charge in [0, 0.05) is 6.20 Å². The molecule has 0 fully saturated rings. The zero-order valence-corrected chi connectivity index (χ0v) is 11.1. The van der Waals surface area contributed by atoms with Crippen LogP contribution in [0.1, 0.15) is 15.9 Å². The summed E-state index contributed by atoms with van der Waals surface area (Å²) >= 11 is 11.9. The summed E-state index contributed by atoms with van der Waals surface area (Å²) in [6, 6.07) is 8.67. The number of hydrogen-bond donors (Lipinski definition) is 1. The van der Waals surface area contributed by atoms with E-state index in [0.29, 0.717) is 16.3 Å². The van der Waals surface area contributed by atoms with E-state index >= 15 is 0 Å². The summed E-state index contributed by atoms with van der Waals surface area (Å²) in [4.78, 5) is 15.9. The molecular weight excluding hydrogens is 271 g/mol. The number of pyridine rings is 1. The number of amides is 1. The molecule has 1 N–H and O–H groups in total. The van der Waals surface area contributed by atoms with Gasteiger partial charge in [-0.1, -0.05) is 35.3 Å². The largest absolute Gasteiger partial charge is 0.320 e. The molecule has 3 nitrogen and oxygen atoms in total. The van der Waals surface area contributed by atoms with Crippen molar-refractivity contribution in [2.24, 2.45) is 0 Å². The molecule has 1 amide bonds. The van der Waals surface area contributed by atoms with Gasteiger partial charge in [0.15, 0.2) is 0 Å². The van der Waals surface area contributed by atoms with Crippen LogP contribution in [0.4, 0.5) is 5.69 Å². The summed E-state index contributed by atoms with van der Waals surface area (Å²) in [6.07, 6.45) is 1.53. The summed E-state index contributed by atoms with van der Waals surface area (Å²) in [6.45, 7) is 1.87. The highest BCUT2D eigenvalue weighted by atomic mass is 35.5. The second-order valence-corrected chi connectivity index (χ2v) is 4.49.